The van der Waals surface area contributed by atoms with Crippen LogP contribution in [0, 0.1) is 6.92 Å². The molecule has 0 aromatic carbocycles. The van der Waals surface area contributed by atoms with E-state index >= 15 is 0 Å². The molecule has 0 bridgehead atoms. The molecule has 2 N–H and O–H groups in total. The summed E-state index contributed by atoms with van der Waals surface area (Å²) >= 11 is 4.41. The van der Waals surface area contributed by atoms with Crippen molar-refractivity contribution in [3.05, 3.63) is 38.0 Å². The minimum absolute atomic E-state index is 0.195. The molecule has 22 heavy (non-hydrogen) atoms. The number of nitrogens with zero attached hydrogens (tertiary/aromatic N) is 2. The zero-order chi connectivity index (χ0) is 16.3. The predicted octanol–water partition coefficient (Wildman–Crippen LogP) is 1.30. The normalized spacial score (nSPS) is 11.6. The van der Waals surface area contributed by atoms with Gasteiger partial charge >= 0.3 is 0 Å². The highest BCUT2D eigenvalue weighted by Gasteiger charge is 2.15. The fourth-order valence-electron chi connectivity index (χ4n) is 1.64. The second-order valence-electron chi connectivity index (χ2n) is 4.49. The van der Waals surface area contributed by atoms with Gasteiger partial charge in [0, 0.05) is 25.0 Å². The van der Waals surface area contributed by atoms with Gasteiger partial charge in [0.25, 0.3) is 5.56 Å². The Bertz CT molecular complexity index is 829. The van der Waals surface area contributed by atoms with Crippen LogP contribution in [-0.4, -0.2) is 31.3 Å². The van der Waals surface area contributed by atoms with Gasteiger partial charge in [-0.25, -0.2) is 17.8 Å². The van der Waals surface area contributed by atoms with E-state index in [-0.39, 0.29) is 12.1 Å². The number of thiophene rings is 1. The molecule has 0 unspecified atom stereocenters. The van der Waals surface area contributed by atoms with Crippen molar-refractivity contribution >= 4 is 43.0 Å². The van der Waals surface area contributed by atoms with Gasteiger partial charge in [0.1, 0.15) is 8.68 Å². The summed E-state index contributed by atoms with van der Waals surface area (Å²) in [6.45, 7) is 2.38. The molecular formula is C12H15BrN4O3S2. The maximum Gasteiger partial charge on any atom is 0.282 e. The molecule has 7 nitrogen and oxygen atoms in total. The Morgan fingerprint density at radius 1 is 1.36 bits per heavy atom. The van der Waals surface area contributed by atoms with E-state index in [0.717, 1.165) is 4.88 Å². The molecule has 10 heteroatoms. The average Bonchev–Trinajstić information content (AvgIpc) is 2.90. The Labute approximate surface area is 140 Å². The Morgan fingerprint density at radius 2 is 2.09 bits per heavy atom. The zero-order valence-electron chi connectivity index (χ0n) is 12.0. The van der Waals surface area contributed by atoms with Crippen molar-refractivity contribution in [1.82, 2.24) is 14.5 Å². The summed E-state index contributed by atoms with van der Waals surface area (Å²) in [5, 5.41) is 6.86. The molecule has 2 heterocycles. The Balaban J connectivity index is 1.93. The maximum absolute atomic E-state index is 12.0. The molecule has 0 radical (unpaired) electrons. The molecule has 0 aliphatic heterocycles. The van der Waals surface area contributed by atoms with E-state index in [1.54, 1.807) is 19.2 Å². The van der Waals surface area contributed by atoms with Gasteiger partial charge in [-0.05, 0) is 35.0 Å². The molecular weight excluding hydrogens is 392 g/mol. The molecule has 2 aromatic rings. The summed E-state index contributed by atoms with van der Waals surface area (Å²) in [6, 6.07) is 3.34. The van der Waals surface area contributed by atoms with Gasteiger partial charge < -0.3 is 5.32 Å². The van der Waals surface area contributed by atoms with Gasteiger partial charge in [-0.2, -0.15) is 5.10 Å². The predicted molar refractivity (Wildman–Crippen MR) is 89.9 cm³/mol. The summed E-state index contributed by atoms with van der Waals surface area (Å²) < 4.78 is 28.4. The lowest BCUT2D eigenvalue weighted by atomic mass is 10.4. The van der Waals surface area contributed by atoms with E-state index in [4.69, 9.17) is 0 Å². The third-order valence-electron chi connectivity index (χ3n) is 2.79. The molecule has 0 saturated carbocycles. The molecule has 0 aliphatic carbocycles. The third-order valence-corrected chi connectivity index (χ3v) is 6.51. The lowest BCUT2D eigenvalue weighted by Gasteiger charge is -2.09. The minimum Gasteiger partial charge on any atom is -0.381 e. The van der Waals surface area contributed by atoms with Crippen LogP contribution in [0.1, 0.15) is 4.88 Å². The van der Waals surface area contributed by atoms with Crippen LogP contribution in [0.2, 0.25) is 0 Å². The summed E-state index contributed by atoms with van der Waals surface area (Å²) in [4.78, 5) is 12.6. The van der Waals surface area contributed by atoms with Gasteiger partial charge in [-0.1, -0.05) is 0 Å². The first kappa shape index (κ1) is 17.1. The van der Waals surface area contributed by atoms with Crippen molar-refractivity contribution in [1.29, 1.82) is 0 Å². The van der Waals surface area contributed by atoms with Crippen LogP contribution in [0.5, 0.6) is 0 Å². The van der Waals surface area contributed by atoms with E-state index in [1.807, 2.05) is 6.92 Å². The van der Waals surface area contributed by atoms with Crippen LogP contribution in [-0.2, 0) is 17.1 Å². The molecule has 120 valence electrons. The zero-order valence-corrected chi connectivity index (χ0v) is 15.2. The SMILES string of the molecule is Cc1ccc(S(=O)(=O)NCCNc2cnn(C)c(=O)c2Br)s1. The number of sulfonamides is 1. The van der Waals surface area contributed by atoms with Crippen molar-refractivity contribution in [2.24, 2.45) is 7.05 Å². The number of hydrogen-bond donors (Lipinski definition) is 2. The van der Waals surface area contributed by atoms with E-state index in [0.29, 0.717) is 20.9 Å². The van der Waals surface area contributed by atoms with Gasteiger partial charge in [-0.15, -0.1) is 11.3 Å². The molecule has 0 saturated heterocycles. The van der Waals surface area contributed by atoms with E-state index in [2.05, 4.69) is 31.1 Å². The number of rotatable bonds is 6. The summed E-state index contributed by atoms with van der Waals surface area (Å²) in [6.07, 6.45) is 1.50. The van der Waals surface area contributed by atoms with Crippen molar-refractivity contribution in [2.45, 2.75) is 11.1 Å². The summed E-state index contributed by atoms with van der Waals surface area (Å²) in [5.41, 5.74) is 0.258. The van der Waals surface area contributed by atoms with Crippen molar-refractivity contribution in [3.8, 4) is 0 Å². The Kier molecular flexibility index (Phi) is 5.37. The molecule has 0 atom stereocenters. The number of hydrogen-bond acceptors (Lipinski definition) is 6. The third kappa shape index (κ3) is 3.94. The van der Waals surface area contributed by atoms with Crippen molar-refractivity contribution < 1.29 is 8.42 Å². The molecule has 0 fully saturated rings. The quantitative estimate of drug-likeness (QED) is 0.705. The molecule has 0 aliphatic rings. The fraction of sp³-hybridized carbons (Fsp3) is 0.333. The highest BCUT2D eigenvalue weighted by Crippen LogP contribution is 2.20. The fourth-order valence-corrected chi connectivity index (χ4v) is 4.50. The molecule has 0 spiro atoms. The Hall–Kier alpha value is -1.23. The highest BCUT2D eigenvalue weighted by atomic mass is 79.9. The lowest BCUT2D eigenvalue weighted by Crippen LogP contribution is -2.29. The minimum atomic E-state index is -3.48. The topological polar surface area (TPSA) is 93.1 Å². The van der Waals surface area contributed by atoms with E-state index in [1.165, 1.54) is 22.2 Å². The number of halogens is 1. The van der Waals surface area contributed by atoms with E-state index in [9.17, 15) is 13.2 Å². The molecule has 2 rings (SSSR count). The first-order valence-corrected chi connectivity index (χ1v) is 9.42. The number of aromatic nitrogens is 2. The Morgan fingerprint density at radius 3 is 2.73 bits per heavy atom. The largest absolute Gasteiger partial charge is 0.381 e. The van der Waals surface area contributed by atoms with Crippen LogP contribution in [0.3, 0.4) is 0 Å². The van der Waals surface area contributed by atoms with Gasteiger partial charge in [0.15, 0.2) is 0 Å². The number of anilines is 1. The smallest absolute Gasteiger partial charge is 0.282 e. The average molecular weight is 407 g/mol. The highest BCUT2D eigenvalue weighted by molar-refractivity contribution is 9.10. The summed E-state index contributed by atoms with van der Waals surface area (Å²) in [7, 11) is -1.93. The van der Waals surface area contributed by atoms with Crippen LogP contribution in [0.25, 0.3) is 0 Å². The second-order valence-corrected chi connectivity index (χ2v) is 8.57. The van der Waals surface area contributed by atoms with Crippen LogP contribution < -0.4 is 15.6 Å². The van der Waals surface area contributed by atoms with Crippen LogP contribution >= 0.6 is 27.3 Å². The van der Waals surface area contributed by atoms with Crippen molar-refractivity contribution in [2.75, 3.05) is 18.4 Å². The van der Waals surface area contributed by atoms with Gasteiger partial charge in [0.2, 0.25) is 10.0 Å². The van der Waals surface area contributed by atoms with Gasteiger partial charge in [-0.3, -0.25) is 4.79 Å². The number of nitrogens with one attached hydrogen (secondary N) is 2. The van der Waals surface area contributed by atoms with Gasteiger partial charge in [0.05, 0.1) is 11.9 Å². The first-order valence-electron chi connectivity index (χ1n) is 6.33. The maximum atomic E-state index is 12.0. The monoisotopic (exact) mass is 406 g/mol. The van der Waals surface area contributed by atoms with E-state index < -0.39 is 10.0 Å². The lowest BCUT2D eigenvalue weighted by molar-refractivity contribution is 0.585. The first-order chi connectivity index (χ1) is 10.3. The molecule has 0 amide bonds. The van der Waals surface area contributed by atoms with Crippen LogP contribution in [0.15, 0.2) is 31.8 Å². The molecule has 2 aromatic heterocycles. The second kappa shape index (κ2) is 6.90. The summed E-state index contributed by atoms with van der Waals surface area (Å²) in [5.74, 6) is 0. The van der Waals surface area contributed by atoms with Crippen LogP contribution in [0.4, 0.5) is 5.69 Å². The standard InChI is InChI=1S/C12H15BrN4O3S2/c1-8-3-4-10(21-8)22(19,20)16-6-5-14-9-7-15-17(2)12(18)11(9)13/h3-4,7,14,16H,5-6H2,1-2H3. The number of aryl methyl sites for hydroxylation is 2. The van der Waals surface area contributed by atoms with Crippen molar-refractivity contribution in [3.63, 3.8) is 0 Å².